The maximum Gasteiger partial charge on any atom is 0.222 e. The second kappa shape index (κ2) is 9.88. The van der Waals surface area contributed by atoms with Gasteiger partial charge in [-0.05, 0) is 18.4 Å². The van der Waals surface area contributed by atoms with Crippen molar-refractivity contribution in [2.75, 3.05) is 33.4 Å². The van der Waals surface area contributed by atoms with Gasteiger partial charge < -0.3 is 20.5 Å². The van der Waals surface area contributed by atoms with Crippen LogP contribution >= 0.6 is 12.4 Å². The molecule has 1 fully saturated rings. The van der Waals surface area contributed by atoms with Gasteiger partial charge in [0.05, 0.1) is 12.5 Å². The van der Waals surface area contributed by atoms with Crippen molar-refractivity contribution in [3.05, 3.63) is 35.9 Å². The number of carbonyl (C=O) groups excluding carboxylic acids is 1. The number of benzene rings is 1. The van der Waals surface area contributed by atoms with Crippen LogP contribution in [0.15, 0.2) is 30.3 Å². The van der Waals surface area contributed by atoms with Crippen LogP contribution in [0.5, 0.6) is 0 Å². The standard InChI is InChI=1S/C17H26N2O3.ClH/c1-21-15(12-18)11-16(20)19-13-17(7-9-22-10-8-17)14-5-3-2-4-6-14;/h2-6,15H,7-13,18H2,1H3,(H,19,20);1H. The van der Waals surface area contributed by atoms with Crippen LogP contribution in [0.3, 0.4) is 0 Å². The normalized spacial score (nSPS) is 17.8. The molecule has 130 valence electrons. The Balaban J connectivity index is 0.00000264. The molecule has 1 atom stereocenters. The second-order valence-corrected chi connectivity index (χ2v) is 5.83. The van der Waals surface area contributed by atoms with Crippen LogP contribution in [0.2, 0.25) is 0 Å². The van der Waals surface area contributed by atoms with Crippen LogP contribution in [0.4, 0.5) is 0 Å². The van der Waals surface area contributed by atoms with Crippen LogP contribution in [0.1, 0.15) is 24.8 Å². The van der Waals surface area contributed by atoms with Gasteiger partial charge in [-0.15, -0.1) is 12.4 Å². The highest BCUT2D eigenvalue weighted by Gasteiger charge is 2.34. The summed E-state index contributed by atoms with van der Waals surface area (Å²) in [5, 5.41) is 3.06. The summed E-state index contributed by atoms with van der Waals surface area (Å²) in [7, 11) is 1.58. The average Bonchev–Trinajstić information content (AvgIpc) is 2.59. The smallest absolute Gasteiger partial charge is 0.222 e. The van der Waals surface area contributed by atoms with Gasteiger partial charge in [0, 0.05) is 38.8 Å². The van der Waals surface area contributed by atoms with E-state index in [1.165, 1.54) is 5.56 Å². The lowest BCUT2D eigenvalue weighted by Crippen LogP contribution is -2.45. The summed E-state index contributed by atoms with van der Waals surface area (Å²) in [6, 6.07) is 10.4. The van der Waals surface area contributed by atoms with Gasteiger partial charge in [0.15, 0.2) is 0 Å². The van der Waals surface area contributed by atoms with Gasteiger partial charge in [0.25, 0.3) is 0 Å². The lowest BCUT2D eigenvalue weighted by Gasteiger charge is -2.38. The molecule has 5 nitrogen and oxygen atoms in total. The molecule has 1 saturated heterocycles. The largest absolute Gasteiger partial charge is 0.381 e. The van der Waals surface area contributed by atoms with Gasteiger partial charge in [-0.25, -0.2) is 0 Å². The number of ether oxygens (including phenoxy) is 2. The van der Waals surface area contributed by atoms with Gasteiger partial charge in [0.1, 0.15) is 0 Å². The Morgan fingerprint density at radius 3 is 2.57 bits per heavy atom. The first-order valence-corrected chi connectivity index (χ1v) is 7.83. The SMILES string of the molecule is COC(CN)CC(=O)NCC1(c2ccccc2)CCOCC1.Cl. The summed E-state index contributed by atoms with van der Waals surface area (Å²) in [4.78, 5) is 12.1. The van der Waals surface area contributed by atoms with Gasteiger partial charge >= 0.3 is 0 Å². The summed E-state index contributed by atoms with van der Waals surface area (Å²) in [5.74, 6) is -0.0147. The van der Waals surface area contributed by atoms with E-state index in [9.17, 15) is 4.79 Å². The topological polar surface area (TPSA) is 73.6 Å². The Hall–Kier alpha value is -1.14. The monoisotopic (exact) mass is 342 g/mol. The number of halogens is 1. The highest BCUT2D eigenvalue weighted by molar-refractivity contribution is 5.85. The summed E-state index contributed by atoms with van der Waals surface area (Å²) in [6.45, 7) is 2.43. The first kappa shape index (κ1) is 19.9. The van der Waals surface area contributed by atoms with Crippen molar-refractivity contribution in [1.82, 2.24) is 5.32 Å². The van der Waals surface area contributed by atoms with Crippen molar-refractivity contribution >= 4 is 18.3 Å². The van der Waals surface area contributed by atoms with Gasteiger partial charge in [0.2, 0.25) is 5.91 Å². The Labute approximate surface area is 144 Å². The minimum Gasteiger partial charge on any atom is -0.381 e. The first-order chi connectivity index (χ1) is 10.7. The van der Waals surface area contributed by atoms with E-state index in [1.54, 1.807) is 7.11 Å². The number of nitrogens with one attached hydrogen (secondary N) is 1. The fourth-order valence-corrected chi connectivity index (χ4v) is 2.93. The van der Waals surface area contributed by atoms with E-state index < -0.39 is 0 Å². The third-order valence-electron chi connectivity index (χ3n) is 4.47. The lowest BCUT2D eigenvalue weighted by molar-refractivity contribution is -0.123. The molecule has 0 saturated carbocycles. The van der Waals surface area contributed by atoms with Crippen LogP contribution in [0.25, 0.3) is 0 Å². The zero-order valence-electron chi connectivity index (χ0n) is 13.6. The molecule has 0 bridgehead atoms. The van der Waals surface area contributed by atoms with E-state index in [2.05, 4.69) is 17.4 Å². The number of rotatable bonds is 7. The maximum absolute atomic E-state index is 12.1. The van der Waals surface area contributed by atoms with Crippen molar-refractivity contribution in [1.29, 1.82) is 0 Å². The molecule has 1 aromatic rings. The third kappa shape index (κ3) is 5.46. The number of hydrogen-bond donors (Lipinski definition) is 2. The Kier molecular flexibility index (Phi) is 8.55. The number of carbonyl (C=O) groups is 1. The molecular weight excluding hydrogens is 316 g/mol. The van der Waals surface area contributed by atoms with Gasteiger partial charge in [-0.2, -0.15) is 0 Å². The van der Waals surface area contributed by atoms with Crippen LogP contribution in [-0.2, 0) is 19.7 Å². The molecule has 2 rings (SSSR count). The molecule has 1 heterocycles. The number of methoxy groups -OCH3 is 1. The summed E-state index contributed by atoms with van der Waals surface area (Å²) in [5.41, 5.74) is 6.79. The van der Waals surface area contributed by atoms with E-state index >= 15 is 0 Å². The third-order valence-corrected chi connectivity index (χ3v) is 4.47. The molecule has 3 N–H and O–H groups in total. The molecule has 1 amide bonds. The predicted octanol–water partition coefficient (Wildman–Crippen LogP) is 1.64. The molecule has 0 spiro atoms. The van der Waals surface area contributed by atoms with E-state index in [0.29, 0.717) is 19.5 Å². The zero-order chi connectivity index (χ0) is 15.8. The molecule has 0 aliphatic carbocycles. The van der Waals surface area contributed by atoms with E-state index in [0.717, 1.165) is 26.1 Å². The predicted molar refractivity (Wildman–Crippen MR) is 92.9 cm³/mol. The van der Waals surface area contributed by atoms with Crippen molar-refractivity contribution in [3.63, 3.8) is 0 Å². The molecule has 0 aromatic heterocycles. The molecule has 1 aliphatic rings. The van der Waals surface area contributed by atoms with E-state index in [4.69, 9.17) is 15.2 Å². The van der Waals surface area contributed by atoms with E-state index in [1.807, 2.05) is 18.2 Å². The molecule has 1 unspecified atom stereocenters. The Morgan fingerprint density at radius 1 is 1.35 bits per heavy atom. The first-order valence-electron chi connectivity index (χ1n) is 7.83. The Morgan fingerprint density at radius 2 is 2.00 bits per heavy atom. The molecular formula is C17H27ClN2O3. The van der Waals surface area contributed by atoms with Crippen LogP contribution in [0, 0.1) is 0 Å². The number of amides is 1. The van der Waals surface area contributed by atoms with Crippen LogP contribution < -0.4 is 11.1 Å². The summed E-state index contributed by atoms with van der Waals surface area (Å²) < 4.78 is 10.7. The summed E-state index contributed by atoms with van der Waals surface area (Å²) >= 11 is 0. The van der Waals surface area contributed by atoms with E-state index in [-0.39, 0.29) is 29.8 Å². The minimum atomic E-state index is -0.220. The lowest BCUT2D eigenvalue weighted by atomic mass is 9.74. The molecule has 1 aliphatic heterocycles. The highest BCUT2D eigenvalue weighted by atomic mass is 35.5. The minimum absolute atomic E-state index is 0. The maximum atomic E-state index is 12.1. The average molecular weight is 343 g/mol. The molecule has 0 radical (unpaired) electrons. The van der Waals surface area contributed by atoms with Crippen molar-refractivity contribution in [2.45, 2.75) is 30.8 Å². The van der Waals surface area contributed by atoms with Crippen molar-refractivity contribution < 1.29 is 14.3 Å². The number of hydrogen-bond acceptors (Lipinski definition) is 4. The van der Waals surface area contributed by atoms with Crippen molar-refractivity contribution in [3.8, 4) is 0 Å². The van der Waals surface area contributed by atoms with Crippen molar-refractivity contribution in [2.24, 2.45) is 5.73 Å². The fourth-order valence-electron chi connectivity index (χ4n) is 2.93. The zero-order valence-corrected chi connectivity index (χ0v) is 14.4. The molecule has 1 aromatic carbocycles. The quantitative estimate of drug-likeness (QED) is 0.790. The number of nitrogens with two attached hydrogens (primary N) is 1. The van der Waals surface area contributed by atoms with Gasteiger partial charge in [-0.1, -0.05) is 30.3 Å². The highest BCUT2D eigenvalue weighted by Crippen LogP contribution is 2.34. The van der Waals surface area contributed by atoms with Crippen LogP contribution in [-0.4, -0.2) is 45.4 Å². The molecule has 6 heteroatoms. The second-order valence-electron chi connectivity index (χ2n) is 5.83. The fraction of sp³-hybridized carbons (Fsp3) is 0.588. The van der Waals surface area contributed by atoms with Gasteiger partial charge in [-0.3, -0.25) is 4.79 Å². The summed E-state index contributed by atoms with van der Waals surface area (Å²) in [6.07, 6.45) is 1.92. The Bertz CT molecular complexity index is 460. The molecule has 23 heavy (non-hydrogen) atoms.